The van der Waals surface area contributed by atoms with Gasteiger partial charge in [-0.1, -0.05) is 36.4 Å². The van der Waals surface area contributed by atoms with E-state index in [1.807, 2.05) is 36.4 Å². The quantitative estimate of drug-likeness (QED) is 0.601. The summed E-state index contributed by atoms with van der Waals surface area (Å²) in [5, 5.41) is 9.80. The van der Waals surface area contributed by atoms with Gasteiger partial charge in [-0.2, -0.15) is 0 Å². The molecule has 2 unspecified atom stereocenters. The minimum Gasteiger partial charge on any atom is -0.508 e. The fourth-order valence-electron chi connectivity index (χ4n) is 3.61. The molecule has 1 N–H and O–H groups in total. The molecule has 0 radical (unpaired) electrons. The van der Waals surface area contributed by atoms with Gasteiger partial charge in [0.1, 0.15) is 11.9 Å². The van der Waals surface area contributed by atoms with Crippen molar-refractivity contribution in [2.45, 2.75) is 44.0 Å². The van der Waals surface area contributed by atoms with Crippen LogP contribution >= 0.6 is 0 Å². The molecule has 2 aliphatic heterocycles. The van der Waals surface area contributed by atoms with Crippen molar-refractivity contribution in [3.63, 3.8) is 0 Å². The van der Waals surface area contributed by atoms with Gasteiger partial charge in [0.25, 0.3) is 0 Å². The van der Waals surface area contributed by atoms with E-state index in [-0.39, 0.29) is 30.2 Å². The second kappa shape index (κ2) is 7.98. The van der Waals surface area contributed by atoms with Crippen LogP contribution < -0.4 is 0 Å². The van der Waals surface area contributed by atoms with E-state index in [0.29, 0.717) is 17.5 Å². The number of hydrogen-bond donors (Lipinski definition) is 1. The number of ketones is 1. The third-order valence-corrected chi connectivity index (χ3v) is 5.15. The number of allylic oxidation sites excluding steroid dienone is 2. The predicted molar refractivity (Wildman–Crippen MR) is 103 cm³/mol. The smallest absolute Gasteiger partial charge is 0.339 e. The highest BCUT2D eigenvalue weighted by Crippen LogP contribution is 2.37. The maximum Gasteiger partial charge on any atom is 0.339 e. The highest BCUT2D eigenvalue weighted by molar-refractivity contribution is 5.96. The van der Waals surface area contributed by atoms with E-state index in [1.165, 1.54) is 24.3 Å². The number of phenolic OH excluding ortho intramolecular Hbond substituents is 1. The number of aromatic hydroxyl groups is 1. The molecular weight excluding hydrogens is 356 g/mol. The van der Waals surface area contributed by atoms with Crippen LogP contribution in [-0.2, 0) is 20.7 Å². The number of carbonyl (C=O) groups excluding carboxylic acids is 2. The van der Waals surface area contributed by atoms with Crippen molar-refractivity contribution >= 4 is 11.8 Å². The number of carbonyl (C=O) groups is 2. The summed E-state index contributed by atoms with van der Waals surface area (Å²) in [5.74, 6) is -0.613. The van der Waals surface area contributed by atoms with Crippen molar-refractivity contribution < 1.29 is 24.2 Å². The topological polar surface area (TPSA) is 76.1 Å². The van der Waals surface area contributed by atoms with Crippen LogP contribution in [0.3, 0.4) is 0 Å². The van der Waals surface area contributed by atoms with Crippen molar-refractivity contribution in [3.8, 4) is 5.75 Å². The fraction of sp³-hybridized carbons (Fsp3) is 0.304. The molecule has 0 saturated carbocycles. The Morgan fingerprint density at radius 3 is 2.64 bits per heavy atom. The van der Waals surface area contributed by atoms with Gasteiger partial charge in [-0.3, -0.25) is 4.79 Å². The molecule has 4 rings (SSSR count). The van der Waals surface area contributed by atoms with Crippen molar-refractivity contribution in [2.75, 3.05) is 0 Å². The van der Waals surface area contributed by atoms with Crippen LogP contribution in [0.15, 0.2) is 60.7 Å². The summed E-state index contributed by atoms with van der Waals surface area (Å²) in [6, 6.07) is 14.0. The molecule has 5 heteroatoms. The highest BCUT2D eigenvalue weighted by atomic mass is 16.6. The van der Waals surface area contributed by atoms with Gasteiger partial charge in [0.05, 0.1) is 17.8 Å². The summed E-state index contributed by atoms with van der Waals surface area (Å²) in [7, 11) is 0. The average Bonchev–Trinajstić information content (AvgIpc) is 3.42. The highest BCUT2D eigenvalue weighted by Gasteiger charge is 2.40. The van der Waals surface area contributed by atoms with E-state index < -0.39 is 12.1 Å². The largest absolute Gasteiger partial charge is 0.508 e. The number of phenols is 1. The lowest BCUT2D eigenvalue weighted by atomic mass is 9.99. The molecule has 28 heavy (non-hydrogen) atoms. The molecule has 0 aromatic heterocycles. The van der Waals surface area contributed by atoms with Crippen LogP contribution in [0.1, 0.15) is 46.9 Å². The van der Waals surface area contributed by atoms with Crippen LogP contribution in [0.25, 0.3) is 0 Å². The second-order valence-electron chi connectivity index (χ2n) is 7.22. The normalized spacial score (nSPS) is 26.4. The van der Waals surface area contributed by atoms with Gasteiger partial charge in [0.15, 0.2) is 5.78 Å². The van der Waals surface area contributed by atoms with Crippen LogP contribution in [0.2, 0.25) is 0 Å². The first kappa shape index (κ1) is 18.4. The molecule has 2 aromatic carbocycles. The Kier molecular flexibility index (Phi) is 5.26. The minimum atomic E-state index is -0.505. The van der Waals surface area contributed by atoms with Gasteiger partial charge in [-0.15, -0.1) is 0 Å². The van der Waals surface area contributed by atoms with E-state index in [4.69, 9.17) is 9.47 Å². The van der Waals surface area contributed by atoms with Crippen LogP contribution in [0.5, 0.6) is 5.75 Å². The second-order valence-corrected chi connectivity index (χ2v) is 7.22. The van der Waals surface area contributed by atoms with Gasteiger partial charge < -0.3 is 14.6 Å². The lowest BCUT2D eigenvalue weighted by Crippen LogP contribution is -2.16. The predicted octanol–water partition coefficient (Wildman–Crippen LogP) is 3.91. The maximum atomic E-state index is 12.9. The third-order valence-electron chi connectivity index (χ3n) is 5.15. The Morgan fingerprint density at radius 2 is 1.82 bits per heavy atom. The molecule has 3 atom stereocenters. The monoisotopic (exact) mass is 378 g/mol. The molecule has 0 bridgehead atoms. The lowest BCUT2D eigenvalue weighted by molar-refractivity contribution is -0.114. The van der Waals surface area contributed by atoms with Gasteiger partial charge in [-0.25, -0.2) is 4.79 Å². The van der Waals surface area contributed by atoms with Crippen LogP contribution in [0.4, 0.5) is 0 Å². The number of rotatable bonds is 1. The number of hydrogen-bond acceptors (Lipinski definition) is 5. The molecule has 2 aromatic rings. The molecule has 2 aliphatic rings. The standard InChI is InChI=1S/C23H22O5/c24-17-8-4-5-9-20-22(27-20)14-21(15-6-2-1-3-7-15)28-23(26)19-11-10-18(25)13-16(19)12-17/h1-4,6-8,10-11,13,20-22,25H,5,9,12,14H2/b8-4+/t20?,21-,22?/m0/s1. The molecule has 0 spiro atoms. The molecule has 1 saturated heterocycles. The zero-order valence-electron chi connectivity index (χ0n) is 15.4. The first-order valence-corrected chi connectivity index (χ1v) is 9.53. The van der Waals surface area contributed by atoms with Crippen molar-refractivity contribution in [1.29, 1.82) is 0 Å². The summed E-state index contributed by atoms with van der Waals surface area (Å²) in [4.78, 5) is 25.2. The number of epoxide rings is 1. The molecule has 5 nitrogen and oxygen atoms in total. The van der Waals surface area contributed by atoms with E-state index >= 15 is 0 Å². The Balaban J connectivity index is 1.67. The summed E-state index contributed by atoms with van der Waals surface area (Å²) in [5.41, 5.74) is 1.67. The summed E-state index contributed by atoms with van der Waals surface area (Å²) in [6.45, 7) is 0. The number of esters is 1. The van der Waals surface area contributed by atoms with Crippen LogP contribution in [-0.4, -0.2) is 29.1 Å². The number of benzene rings is 2. The Bertz CT molecular complexity index is 902. The Morgan fingerprint density at radius 1 is 1.00 bits per heavy atom. The molecule has 0 amide bonds. The summed E-state index contributed by atoms with van der Waals surface area (Å²) in [6.07, 6.45) is 5.36. The van der Waals surface area contributed by atoms with Gasteiger partial charge >= 0.3 is 5.97 Å². The van der Waals surface area contributed by atoms with Crippen molar-refractivity contribution in [3.05, 3.63) is 77.4 Å². The summed E-state index contributed by atoms with van der Waals surface area (Å²) >= 11 is 0. The summed E-state index contributed by atoms with van der Waals surface area (Å²) < 4.78 is 11.6. The van der Waals surface area contributed by atoms with Gasteiger partial charge in [0.2, 0.25) is 0 Å². The Labute approximate surface area is 163 Å². The van der Waals surface area contributed by atoms with E-state index in [2.05, 4.69) is 0 Å². The number of ether oxygens (including phenoxy) is 2. The SMILES string of the molecule is O=C1/C=C/CCC2OC2C[C@@H](c2ccccc2)OC(=O)c2ccc(O)cc2C1. The zero-order valence-corrected chi connectivity index (χ0v) is 15.4. The number of fused-ring (bicyclic) bond motifs is 2. The van der Waals surface area contributed by atoms with Crippen molar-refractivity contribution in [2.24, 2.45) is 0 Å². The van der Waals surface area contributed by atoms with E-state index in [0.717, 1.165) is 18.4 Å². The molecule has 2 heterocycles. The zero-order chi connectivity index (χ0) is 19.5. The Hall–Kier alpha value is -2.92. The van der Waals surface area contributed by atoms with Crippen LogP contribution in [0, 0.1) is 0 Å². The molecule has 0 aliphatic carbocycles. The van der Waals surface area contributed by atoms with E-state index in [9.17, 15) is 14.7 Å². The fourth-order valence-corrected chi connectivity index (χ4v) is 3.61. The van der Waals surface area contributed by atoms with Crippen molar-refractivity contribution in [1.82, 2.24) is 0 Å². The molecule has 1 fully saturated rings. The molecule has 144 valence electrons. The maximum absolute atomic E-state index is 12.9. The number of cyclic esters (lactones) is 1. The third kappa shape index (κ3) is 4.31. The average molecular weight is 378 g/mol. The van der Waals surface area contributed by atoms with Gasteiger partial charge in [0, 0.05) is 12.8 Å². The first-order valence-electron chi connectivity index (χ1n) is 9.53. The molecular formula is C23H22O5. The first-order chi connectivity index (χ1) is 13.6. The minimum absolute atomic E-state index is 0.0123. The van der Waals surface area contributed by atoms with Gasteiger partial charge in [-0.05, 0) is 48.2 Å². The van der Waals surface area contributed by atoms with E-state index in [1.54, 1.807) is 0 Å². The lowest BCUT2D eigenvalue weighted by Gasteiger charge is -2.19.